The van der Waals surface area contributed by atoms with Gasteiger partial charge in [-0.1, -0.05) is 12.1 Å². The summed E-state index contributed by atoms with van der Waals surface area (Å²) in [6.07, 6.45) is 0.994. The minimum absolute atomic E-state index is 0.231. The van der Waals surface area contributed by atoms with Gasteiger partial charge in [-0.3, -0.25) is 9.63 Å². The quantitative estimate of drug-likeness (QED) is 0.836. The minimum Gasteiger partial charge on any atom is -0.480 e. The Hall–Kier alpha value is -1.94. The van der Waals surface area contributed by atoms with E-state index in [2.05, 4.69) is 6.07 Å². The second kappa shape index (κ2) is 6.17. The number of carboxylic acids is 1. The molecule has 2 aliphatic rings. The number of hydrazine groups is 1. The van der Waals surface area contributed by atoms with Gasteiger partial charge in [0.05, 0.1) is 23.8 Å². The molecule has 1 heterocycles. The fourth-order valence-electron chi connectivity index (χ4n) is 3.32. The molecule has 24 heavy (non-hydrogen) atoms. The SMILES string of the molecule is CC(C)(C)ON(Cc1ccc(C#N)cc1)N1CC2CC2[C@H]1C(=O)O. The Morgan fingerprint density at radius 3 is 2.62 bits per heavy atom. The Morgan fingerprint density at radius 2 is 2.08 bits per heavy atom. The Morgan fingerprint density at radius 1 is 1.42 bits per heavy atom. The molecule has 1 N–H and O–H groups in total. The van der Waals surface area contributed by atoms with Crippen molar-refractivity contribution in [2.24, 2.45) is 11.8 Å². The topological polar surface area (TPSA) is 76.8 Å². The first-order valence-electron chi connectivity index (χ1n) is 8.23. The van der Waals surface area contributed by atoms with Gasteiger partial charge in [-0.25, -0.2) is 5.01 Å². The number of rotatable bonds is 5. The number of hydrogen-bond acceptors (Lipinski definition) is 5. The molecule has 1 saturated carbocycles. The van der Waals surface area contributed by atoms with Gasteiger partial charge in [-0.15, -0.1) is 5.17 Å². The van der Waals surface area contributed by atoms with Gasteiger partial charge >= 0.3 is 5.97 Å². The van der Waals surface area contributed by atoms with Gasteiger partial charge in [0, 0.05) is 6.54 Å². The molecule has 128 valence electrons. The van der Waals surface area contributed by atoms with Crippen molar-refractivity contribution < 1.29 is 14.7 Å². The highest BCUT2D eigenvalue weighted by Crippen LogP contribution is 2.50. The summed E-state index contributed by atoms with van der Waals surface area (Å²) >= 11 is 0. The van der Waals surface area contributed by atoms with Crippen molar-refractivity contribution in [3.05, 3.63) is 35.4 Å². The van der Waals surface area contributed by atoms with Gasteiger partial charge in [-0.2, -0.15) is 5.26 Å². The summed E-state index contributed by atoms with van der Waals surface area (Å²) in [6, 6.07) is 8.87. The smallest absolute Gasteiger partial charge is 0.322 e. The molecule has 0 bridgehead atoms. The number of carboxylic acid groups (broad SMARTS) is 1. The van der Waals surface area contributed by atoms with Crippen molar-refractivity contribution in [1.29, 1.82) is 5.26 Å². The molecule has 1 aliphatic carbocycles. The molecule has 1 aromatic rings. The highest BCUT2D eigenvalue weighted by molar-refractivity contribution is 5.75. The van der Waals surface area contributed by atoms with E-state index in [0.717, 1.165) is 12.0 Å². The van der Waals surface area contributed by atoms with Gasteiger partial charge in [-0.05, 0) is 56.7 Å². The van der Waals surface area contributed by atoms with E-state index in [9.17, 15) is 9.90 Å². The lowest BCUT2D eigenvalue weighted by Crippen LogP contribution is -2.52. The van der Waals surface area contributed by atoms with Crippen LogP contribution in [0, 0.1) is 23.2 Å². The molecule has 3 rings (SSSR count). The largest absolute Gasteiger partial charge is 0.480 e. The zero-order valence-corrected chi connectivity index (χ0v) is 14.3. The van der Waals surface area contributed by atoms with Crippen LogP contribution in [0.1, 0.15) is 38.3 Å². The first-order chi connectivity index (χ1) is 11.3. The summed E-state index contributed by atoms with van der Waals surface area (Å²) in [4.78, 5) is 17.8. The molecular weight excluding hydrogens is 306 g/mol. The van der Waals surface area contributed by atoms with Crippen molar-refractivity contribution in [2.45, 2.75) is 45.4 Å². The van der Waals surface area contributed by atoms with Crippen LogP contribution >= 0.6 is 0 Å². The van der Waals surface area contributed by atoms with Crippen LogP contribution in [0.25, 0.3) is 0 Å². The van der Waals surface area contributed by atoms with Gasteiger partial charge < -0.3 is 5.11 Å². The molecular formula is C18H23N3O3. The molecule has 1 aromatic carbocycles. The predicted octanol–water partition coefficient (Wildman–Crippen LogP) is 2.41. The molecule has 2 fully saturated rings. The second-order valence-corrected chi connectivity index (χ2v) is 7.59. The zero-order valence-electron chi connectivity index (χ0n) is 14.3. The molecule has 0 radical (unpaired) electrons. The van der Waals surface area contributed by atoms with Crippen LogP contribution in [0.5, 0.6) is 0 Å². The molecule has 0 amide bonds. The van der Waals surface area contributed by atoms with E-state index in [1.54, 1.807) is 17.3 Å². The highest BCUT2D eigenvalue weighted by Gasteiger charge is 2.57. The third kappa shape index (κ3) is 3.59. The fourth-order valence-corrected chi connectivity index (χ4v) is 3.32. The van der Waals surface area contributed by atoms with Gasteiger partial charge in [0.1, 0.15) is 6.04 Å². The Bertz CT molecular complexity index is 660. The summed E-state index contributed by atoms with van der Waals surface area (Å²) in [6.45, 7) is 7.02. The van der Waals surface area contributed by atoms with E-state index >= 15 is 0 Å². The van der Waals surface area contributed by atoms with E-state index in [-0.39, 0.29) is 5.92 Å². The van der Waals surface area contributed by atoms with Crippen LogP contribution in [-0.4, -0.2) is 39.4 Å². The summed E-state index contributed by atoms with van der Waals surface area (Å²) < 4.78 is 0. The maximum Gasteiger partial charge on any atom is 0.322 e. The number of carbonyl (C=O) groups is 1. The van der Waals surface area contributed by atoms with Gasteiger partial charge in [0.2, 0.25) is 0 Å². The Balaban J connectivity index is 1.80. The average Bonchev–Trinajstić information content (AvgIpc) is 3.15. The van der Waals surface area contributed by atoms with E-state index in [0.29, 0.717) is 24.6 Å². The fraction of sp³-hybridized carbons (Fsp3) is 0.556. The predicted molar refractivity (Wildman–Crippen MR) is 87.3 cm³/mol. The number of piperidine rings is 1. The van der Waals surface area contributed by atoms with Crippen molar-refractivity contribution in [3.8, 4) is 6.07 Å². The summed E-state index contributed by atoms with van der Waals surface area (Å²) in [5.74, 6) is -0.102. The first kappa shape index (κ1) is 16.9. The van der Waals surface area contributed by atoms with Crippen molar-refractivity contribution in [1.82, 2.24) is 10.2 Å². The molecule has 0 spiro atoms. The first-order valence-corrected chi connectivity index (χ1v) is 8.23. The van der Waals surface area contributed by atoms with E-state index in [1.807, 2.05) is 37.9 Å². The van der Waals surface area contributed by atoms with Crippen LogP contribution in [0.4, 0.5) is 0 Å². The number of benzene rings is 1. The third-order valence-corrected chi connectivity index (χ3v) is 4.45. The summed E-state index contributed by atoms with van der Waals surface area (Å²) in [5.41, 5.74) is 1.15. The molecule has 1 aliphatic heterocycles. The molecule has 2 unspecified atom stereocenters. The molecule has 6 nitrogen and oxygen atoms in total. The van der Waals surface area contributed by atoms with Crippen LogP contribution in [0.3, 0.4) is 0 Å². The van der Waals surface area contributed by atoms with E-state index in [1.165, 1.54) is 0 Å². The normalized spacial score (nSPS) is 26.2. The lowest BCUT2D eigenvalue weighted by molar-refractivity contribution is -0.340. The number of aliphatic carboxylic acids is 1. The van der Waals surface area contributed by atoms with Crippen LogP contribution in [-0.2, 0) is 16.2 Å². The highest BCUT2D eigenvalue weighted by atomic mass is 16.7. The summed E-state index contributed by atoms with van der Waals surface area (Å²) in [5, 5.41) is 22.1. The number of nitrogens with zero attached hydrogens (tertiary/aromatic N) is 3. The molecule has 0 aromatic heterocycles. The van der Waals surface area contributed by atoms with Crippen LogP contribution in [0.2, 0.25) is 0 Å². The molecule has 6 heteroatoms. The second-order valence-electron chi connectivity index (χ2n) is 7.59. The Kier molecular flexibility index (Phi) is 4.35. The lowest BCUT2D eigenvalue weighted by Gasteiger charge is -2.39. The van der Waals surface area contributed by atoms with Crippen LogP contribution in [0.15, 0.2) is 24.3 Å². The average molecular weight is 329 g/mol. The van der Waals surface area contributed by atoms with Gasteiger partial charge in [0.25, 0.3) is 0 Å². The molecule has 3 atom stereocenters. The van der Waals surface area contributed by atoms with Crippen LogP contribution < -0.4 is 0 Å². The lowest BCUT2D eigenvalue weighted by atomic mass is 10.1. The number of hydroxylamine groups is 1. The maximum atomic E-state index is 11.7. The Labute approximate surface area is 142 Å². The monoisotopic (exact) mass is 329 g/mol. The maximum absolute atomic E-state index is 11.7. The van der Waals surface area contributed by atoms with E-state index < -0.39 is 17.6 Å². The number of nitriles is 1. The molecule has 1 saturated heterocycles. The van der Waals surface area contributed by atoms with Crippen molar-refractivity contribution >= 4 is 5.97 Å². The number of hydrogen-bond donors (Lipinski definition) is 1. The van der Waals surface area contributed by atoms with Crippen molar-refractivity contribution in [2.75, 3.05) is 6.54 Å². The van der Waals surface area contributed by atoms with E-state index in [4.69, 9.17) is 10.1 Å². The zero-order chi connectivity index (χ0) is 17.5. The summed E-state index contributed by atoms with van der Waals surface area (Å²) in [7, 11) is 0. The van der Waals surface area contributed by atoms with Gasteiger partial charge in [0.15, 0.2) is 0 Å². The standard InChI is InChI=1S/C18H23N3O3/c1-18(2,3)24-21(10-13-6-4-12(9-19)5-7-13)20-11-14-8-15(14)16(20)17(22)23/h4-7,14-16H,8,10-11H2,1-3H3,(H,22,23)/t14?,15?,16-/m0/s1. The minimum atomic E-state index is -0.790. The third-order valence-electron chi connectivity index (χ3n) is 4.45. The van der Waals surface area contributed by atoms with Crippen molar-refractivity contribution in [3.63, 3.8) is 0 Å². The number of fused-ring (bicyclic) bond motifs is 1.